The van der Waals surface area contributed by atoms with Crippen LogP contribution in [0, 0.1) is 10.5 Å². The molecule has 3 nitrogen and oxygen atoms in total. The second-order valence-corrected chi connectivity index (χ2v) is 5.78. The van der Waals surface area contributed by atoms with Crippen molar-refractivity contribution in [2.75, 3.05) is 10.6 Å². The number of alkyl halides is 3. The molecular formula is C15H12F3IN2O. The second kappa shape index (κ2) is 6.55. The van der Waals surface area contributed by atoms with Gasteiger partial charge in [-0.2, -0.15) is 13.2 Å². The molecule has 2 amide bonds. The number of anilines is 2. The van der Waals surface area contributed by atoms with Gasteiger partial charge in [0.1, 0.15) is 0 Å². The Morgan fingerprint density at radius 2 is 1.68 bits per heavy atom. The molecule has 0 heterocycles. The van der Waals surface area contributed by atoms with Gasteiger partial charge in [0.25, 0.3) is 0 Å². The molecule has 0 spiro atoms. The molecule has 116 valence electrons. The Labute approximate surface area is 139 Å². The van der Waals surface area contributed by atoms with E-state index in [4.69, 9.17) is 0 Å². The molecule has 2 aromatic rings. The molecule has 7 heteroatoms. The first kappa shape index (κ1) is 16.6. The molecule has 0 unspecified atom stereocenters. The lowest BCUT2D eigenvalue weighted by Gasteiger charge is -2.11. The Morgan fingerprint density at radius 1 is 1.05 bits per heavy atom. The number of hydrogen-bond donors (Lipinski definition) is 2. The number of urea groups is 1. The molecule has 0 atom stereocenters. The summed E-state index contributed by atoms with van der Waals surface area (Å²) >= 11 is 2.14. The molecule has 2 aromatic carbocycles. The molecular weight excluding hydrogens is 408 g/mol. The van der Waals surface area contributed by atoms with Gasteiger partial charge in [0.05, 0.1) is 5.56 Å². The average molecular weight is 420 g/mol. The molecule has 0 aromatic heterocycles. The van der Waals surface area contributed by atoms with E-state index in [1.54, 1.807) is 12.1 Å². The van der Waals surface area contributed by atoms with E-state index in [2.05, 4.69) is 33.2 Å². The molecule has 0 saturated carbocycles. The molecule has 0 aliphatic rings. The second-order valence-electron chi connectivity index (χ2n) is 4.62. The number of aryl methyl sites for hydroxylation is 1. The maximum absolute atomic E-state index is 12.6. The van der Waals surface area contributed by atoms with Gasteiger partial charge in [-0.15, -0.1) is 0 Å². The maximum atomic E-state index is 12.6. The number of rotatable bonds is 2. The molecule has 0 fully saturated rings. The number of nitrogens with one attached hydrogen (secondary N) is 2. The maximum Gasteiger partial charge on any atom is 0.416 e. The first-order valence-corrected chi connectivity index (χ1v) is 7.35. The van der Waals surface area contributed by atoms with Crippen LogP contribution in [0.25, 0.3) is 0 Å². The number of amides is 2. The van der Waals surface area contributed by atoms with Crippen LogP contribution >= 0.6 is 22.6 Å². The van der Waals surface area contributed by atoms with Crippen molar-refractivity contribution in [1.82, 2.24) is 0 Å². The summed E-state index contributed by atoms with van der Waals surface area (Å²) in [7, 11) is 0. The van der Waals surface area contributed by atoms with Gasteiger partial charge in [0.2, 0.25) is 0 Å². The summed E-state index contributed by atoms with van der Waals surface area (Å²) in [4.78, 5) is 11.8. The minimum absolute atomic E-state index is 0.0779. The number of carbonyl (C=O) groups excluding carboxylic acids is 1. The van der Waals surface area contributed by atoms with Gasteiger partial charge in [-0.1, -0.05) is 12.1 Å². The fourth-order valence-corrected chi connectivity index (χ4v) is 2.25. The van der Waals surface area contributed by atoms with Gasteiger partial charge >= 0.3 is 12.2 Å². The van der Waals surface area contributed by atoms with Gasteiger partial charge in [0.15, 0.2) is 0 Å². The topological polar surface area (TPSA) is 41.1 Å². The average Bonchev–Trinajstić information content (AvgIpc) is 2.42. The summed E-state index contributed by atoms with van der Waals surface area (Å²) in [6.07, 6.45) is -4.44. The van der Waals surface area contributed by atoms with E-state index in [9.17, 15) is 18.0 Å². The van der Waals surface area contributed by atoms with Crippen molar-refractivity contribution in [1.29, 1.82) is 0 Å². The van der Waals surface area contributed by atoms with Crippen molar-refractivity contribution in [3.8, 4) is 0 Å². The molecule has 0 radical (unpaired) electrons. The van der Waals surface area contributed by atoms with E-state index >= 15 is 0 Å². The van der Waals surface area contributed by atoms with E-state index < -0.39 is 17.8 Å². The van der Waals surface area contributed by atoms with Crippen molar-refractivity contribution >= 4 is 40.0 Å². The largest absolute Gasteiger partial charge is 0.416 e. The van der Waals surface area contributed by atoms with Crippen LogP contribution in [0.3, 0.4) is 0 Å². The fourth-order valence-electron chi connectivity index (χ4n) is 1.74. The van der Waals surface area contributed by atoms with Crippen LogP contribution < -0.4 is 10.6 Å². The van der Waals surface area contributed by atoms with Crippen molar-refractivity contribution in [3.63, 3.8) is 0 Å². The summed E-state index contributed by atoms with van der Waals surface area (Å²) in [5, 5.41) is 4.97. The van der Waals surface area contributed by atoms with Crippen molar-refractivity contribution in [2.24, 2.45) is 0 Å². The summed E-state index contributed by atoms with van der Waals surface area (Å²) < 4.78 is 38.8. The van der Waals surface area contributed by atoms with Gasteiger partial charge in [0, 0.05) is 14.9 Å². The lowest BCUT2D eigenvalue weighted by atomic mass is 10.2. The van der Waals surface area contributed by atoms with Gasteiger partial charge < -0.3 is 10.6 Å². The van der Waals surface area contributed by atoms with E-state index in [1.807, 2.05) is 13.0 Å². The van der Waals surface area contributed by atoms with Crippen molar-refractivity contribution in [3.05, 3.63) is 57.2 Å². The summed E-state index contributed by atoms with van der Waals surface area (Å²) in [6, 6.07) is 9.23. The van der Waals surface area contributed by atoms with Crippen molar-refractivity contribution in [2.45, 2.75) is 13.1 Å². The summed E-state index contributed by atoms with van der Waals surface area (Å²) in [6.45, 7) is 1.94. The number of benzene rings is 2. The Bertz CT molecular complexity index is 701. The van der Waals surface area contributed by atoms with Crippen LogP contribution in [0.15, 0.2) is 42.5 Å². The Kier molecular flexibility index (Phi) is 4.94. The van der Waals surface area contributed by atoms with E-state index in [-0.39, 0.29) is 5.69 Å². The number of halogens is 4. The third-order valence-electron chi connectivity index (χ3n) is 2.88. The van der Waals surface area contributed by atoms with Gasteiger partial charge in [-0.25, -0.2) is 4.79 Å². The van der Waals surface area contributed by atoms with Crippen LogP contribution in [0.5, 0.6) is 0 Å². The molecule has 0 saturated heterocycles. The van der Waals surface area contributed by atoms with E-state index in [0.29, 0.717) is 5.69 Å². The van der Waals surface area contributed by atoms with Gasteiger partial charge in [-0.3, -0.25) is 0 Å². The molecule has 0 aliphatic carbocycles. The smallest absolute Gasteiger partial charge is 0.308 e. The SMILES string of the molecule is Cc1ccc(NC(=O)Nc2cccc(C(F)(F)F)c2)cc1I. The zero-order valence-electron chi connectivity index (χ0n) is 11.5. The number of carbonyl (C=O) groups is 1. The zero-order valence-corrected chi connectivity index (χ0v) is 13.6. The highest BCUT2D eigenvalue weighted by Gasteiger charge is 2.30. The fraction of sp³-hybridized carbons (Fsp3) is 0.133. The first-order valence-electron chi connectivity index (χ1n) is 6.27. The third-order valence-corrected chi connectivity index (χ3v) is 4.04. The van der Waals surface area contributed by atoms with E-state index in [0.717, 1.165) is 21.3 Å². The molecule has 0 aliphatic heterocycles. The van der Waals surface area contributed by atoms with Crippen LogP contribution in [0.2, 0.25) is 0 Å². The molecule has 2 N–H and O–H groups in total. The summed E-state index contributed by atoms with van der Waals surface area (Å²) in [5.41, 5.74) is 0.910. The Hall–Kier alpha value is -1.77. The van der Waals surface area contributed by atoms with Crippen molar-refractivity contribution < 1.29 is 18.0 Å². The predicted molar refractivity (Wildman–Crippen MR) is 88.0 cm³/mol. The van der Waals surface area contributed by atoms with E-state index in [1.165, 1.54) is 12.1 Å². The lowest BCUT2D eigenvalue weighted by Crippen LogP contribution is -2.20. The lowest BCUT2D eigenvalue weighted by molar-refractivity contribution is -0.137. The molecule has 22 heavy (non-hydrogen) atoms. The Balaban J connectivity index is 2.07. The van der Waals surface area contributed by atoms with Crippen LogP contribution in [-0.2, 0) is 6.18 Å². The highest BCUT2D eigenvalue weighted by atomic mass is 127. The molecule has 0 bridgehead atoms. The number of hydrogen-bond acceptors (Lipinski definition) is 1. The normalized spacial score (nSPS) is 11.1. The highest BCUT2D eigenvalue weighted by Crippen LogP contribution is 2.30. The zero-order chi connectivity index (χ0) is 16.3. The van der Waals surface area contributed by atoms with Crippen LogP contribution in [-0.4, -0.2) is 6.03 Å². The summed E-state index contributed by atoms with van der Waals surface area (Å²) in [5.74, 6) is 0. The molecule has 2 rings (SSSR count). The Morgan fingerprint density at radius 3 is 2.27 bits per heavy atom. The standard InChI is InChI=1S/C15H12F3IN2O/c1-9-5-6-12(8-13(9)19)21-14(22)20-11-4-2-3-10(7-11)15(16,17)18/h2-8H,1H3,(H2,20,21,22). The van der Waals surface area contributed by atoms with Crippen LogP contribution in [0.4, 0.5) is 29.3 Å². The van der Waals surface area contributed by atoms with Crippen LogP contribution in [0.1, 0.15) is 11.1 Å². The van der Waals surface area contributed by atoms with Gasteiger partial charge in [-0.05, 0) is 65.4 Å². The first-order chi connectivity index (χ1) is 10.3. The monoisotopic (exact) mass is 420 g/mol. The highest BCUT2D eigenvalue weighted by molar-refractivity contribution is 14.1. The minimum Gasteiger partial charge on any atom is -0.308 e. The third kappa shape index (κ3) is 4.36. The predicted octanol–water partition coefficient (Wildman–Crippen LogP) is 5.26. The minimum atomic E-state index is -4.44. The quantitative estimate of drug-likeness (QED) is 0.640.